The van der Waals surface area contributed by atoms with Crippen LogP contribution in [0.15, 0.2) is 0 Å². The van der Waals surface area contributed by atoms with Crippen LogP contribution in [0.3, 0.4) is 0 Å². The lowest BCUT2D eigenvalue weighted by Crippen LogP contribution is -2.50. The minimum atomic E-state index is -0.887. The average molecular weight is 217 g/mol. The van der Waals surface area contributed by atoms with Crippen molar-refractivity contribution >= 4 is 23.6 Å². The molecule has 1 rings (SSSR count). The number of hydrogen-bond acceptors (Lipinski definition) is 3. The summed E-state index contributed by atoms with van der Waals surface area (Å²) in [6.07, 6.45) is 1.85. The second-order valence-electron chi connectivity index (χ2n) is 3.31. The Hall–Kier alpha value is -0.710. The van der Waals surface area contributed by atoms with Gasteiger partial charge in [-0.2, -0.15) is 0 Å². The number of thioether (sulfide) groups is 1. The summed E-state index contributed by atoms with van der Waals surface area (Å²) >= 11 is 1.40. The van der Waals surface area contributed by atoms with Crippen molar-refractivity contribution in [2.45, 2.75) is 25.8 Å². The van der Waals surface area contributed by atoms with Gasteiger partial charge in [0.25, 0.3) is 0 Å². The van der Waals surface area contributed by atoms with Gasteiger partial charge in [0.2, 0.25) is 5.91 Å². The number of carboxylic acid groups (broad SMARTS) is 1. The van der Waals surface area contributed by atoms with Crippen molar-refractivity contribution in [2.24, 2.45) is 0 Å². The summed E-state index contributed by atoms with van der Waals surface area (Å²) in [4.78, 5) is 23.8. The van der Waals surface area contributed by atoms with Crippen LogP contribution < -0.4 is 0 Å². The maximum absolute atomic E-state index is 11.5. The van der Waals surface area contributed by atoms with Gasteiger partial charge >= 0.3 is 5.97 Å². The maximum Gasteiger partial charge on any atom is 0.327 e. The van der Waals surface area contributed by atoms with Crippen LogP contribution >= 0.6 is 11.8 Å². The first kappa shape index (κ1) is 11.4. The summed E-state index contributed by atoms with van der Waals surface area (Å²) < 4.78 is 0. The van der Waals surface area contributed by atoms with E-state index in [1.54, 1.807) is 0 Å². The van der Waals surface area contributed by atoms with E-state index in [0.29, 0.717) is 18.1 Å². The first-order valence-corrected chi connectivity index (χ1v) is 5.92. The Morgan fingerprint density at radius 3 is 3.00 bits per heavy atom. The molecule has 0 aromatic carbocycles. The standard InChI is InChI=1S/C9H15NO3S/c1-2-3-4-10-7(9(12)13)5-14-6-8(10)11/h7H,2-6H2,1H3,(H,12,13). The smallest absolute Gasteiger partial charge is 0.327 e. The lowest BCUT2D eigenvalue weighted by molar-refractivity contribution is -0.148. The number of aliphatic carboxylic acids is 1. The van der Waals surface area contributed by atoms with E-state index in [1.165, 1.54) is 16.7 Å². The zero-order valence-corrected chi connectivity index (χ0v) is 9.05. The normalized spacial score (nSPS) is 22.5. The number of carboxylic acids is 1. The molecule has 0 saturated carbocycles. The van der Waals surface area contributed by atoms with E-state index < -0.39 is 12.0 Å². The third kappa shape index (κ3) is 2.64. The van der Waals surface area contributed by atoms with Gasteiger partial charge in [-0.25, -0.2) is 4.79 Å². The quantitative estimate of drug-likeness (QED) is 0.757. The van der Waals surface area contributed by atoms with Gasteiger partial charge in [0.1, 0.15) is 6.04 Å². The fourth-order valence-electron chi connectivity index (χ4n) is 1.42. The van der Waals surface area contributed by atoms with Crippen molar-refractivity contribution in [3.63, 3.8) is 0 Å². The first-order chi connectivity index (χ1) is 6.66. The van der Waals surface area contributed by atoms with Gasteiger partial charge < -0.3 is 10.0 Å². The molecule has 0 bridgehead atoms. The van der Waals surface area contributed by atoms with Crippen LogP contribution in [0.25, 0.3) is 0 Å². The number of carbonyl (C=O) groups excluding carboxylic acids is 1. The molecule has 80 valence electrons. The molecule has 4 nitrogen and oxygen atoms in total. The molecule has 5 heteroatoms. The molecule has 14 heavy (non-hydrogen) atoms. The number of hydrogen-bond donors (Lipinski definition) is 1. The average Bonchev–Trinajstić information content (AvgIpc) is 2.15. The van der Waals surface area contributed by atoms with Gasteiger partial charge in [0.15, 0.2) is 0 Å². The highest BCUT2D eigenvalue weighted by Gasteiger charge is 2.32. The molecule has 1 fully saturated rings. The Labute approximate surface area is 87.7 Å². The Bertz CT molecular complexity index is 232. The van der Waals surface area contributed by atoms with E-state index in [0.717, 1.165) is 12.8 Å². The van der Waals surface area contributed by atoms with Gasteiger partial charge in [-0.1, -0.05) is 13.3 Å². The number of amides is 1. The van der Waals surface area contributed by atoms with Crippen molar-refractivity contribution < 1.29 is 14.7 Å². The second kappa shape index (κ2) is 5.24. The van der Waals surface area contributed by atoms with Crippen LogP contribution in [0.5, 0.6) is 0 Å². The highest BCUT2D eigenvalue weighted by atomic mass is 32.2. The molecular formula is C9H15NO3S. The van der Waals surface area contributed by atoms with E-state index in [2.05, 4.69) is 0 Å². The van der Waals surface area contributed by atoms with Crippen LogP contribution in [0.1, 0.15) is 19.8 Å². The molecule has 1 amide bonds. The zero-order chi connectivity index (χ0) is 10.6. The Morgan fingerprint density at radius 1 is 1.71 bits per heavy atom. The minimum absolute atomic E-state index is 0.0397. The first-order valence-electron chi connectivity index (χ1n) is 4.76. The fourth-order valence-corrected chi connectivity index (χ4v) is 2.42. The van der Waals surface area contributed by atoms with Crippen LogP contribution in [-0.4, -0.2) is 46.0 Å². The maximum atomic E-state index is 11.5. The van der Waals surface area contributed by atoms with Crippen molar-refractivity contribution in [1.29, 1.82) is 0 Å². The van der Waals surface area contributed by atoms with Crippen LogP contribution in [0.2, 0.25) is 0 Å². The summed E-state index contributed by atoms with van der Waals surface area (Å²) in [5, 5.41) is 8.92. The number of carbonyl (C=O) groups is 2. The lowest BCUT2D eigenvalue weighted by atomic mass is 10.2. The highest BCUT2D eigenvalue weighted by Crippen LogP contribution is 2.18. The van der Waals surface area contributed by atoms with E-state index >= 15 is 0 Å². The largest absolute Gasteiger partial charge is 0.480 e. The second-order valence-corrected chi connectivity index (χ2v) is 4.34. The predicted molar refractivity (Wildman–Crippen MR) is 55.4 cm³/mol. The molecule has 0 spiro atoms. The zero-order valence-electron chi connectivity index (χ0n) is 8.23. The summed E-state index contributed by atoms with van der Waals surface area (Å²) in [7, 11) is 0. The number of unbranched alkanes of at least 4 members (excludes halogenated alkanes) is 1. The SMILES string of the molecule is CCCCN1C(=O)CSCC1C(=O)O. The minimum Gasteiger partial charge on any atom is -0.480 e. The summed E-state index contributed by atoms with van der Waals surface area (Å²) in [6, 6.07) is -0.618. The molecule has 1 atom stereocenters. The number of nitrogens with zero attached hydrogens (tertiary/aromatic N) is 1. The topological polar surface area (TPSA) is 57.6 Å². The molecule has 1 unspecified atom stereocenters. The molecule has 0 aromatic heterocycles. The van der Waals surface area contributed by atoms with E-state index in [1.807, 2.05) is 6.92 Å². The van der Waals surface area contributed by atoms with Crippen molar-refractivity contribution in [2.75, 3.05) is 18.1 Å². The van der Waals surface area contributed by atoms with Crippen LogP contribution in [0, 0.1) is 0 Å². The summed E-state index contributed by atoms with van der Waals surface area (Å²) in [5.41, 5.74) is 0. The fraction of sp³-hybridized carbons (Fsp3) is 0.778. The molecule has 1 N–H and O–H groups in total. The van der Waals surface area contributed by atoms with Gasteiger partial charge in [-0.15, -0.1) is 11.8 Å². The van der Waals surface area contributed by atoms with Crippen molar-refractivity contribution in [1.82, 2.24) is 4.90 Å². The summed E-state index contributed by atoms with van der Waals surface area (Å²) in [6.45, 7) is 2.60. The predicted octanol–water partition coefficient (Wildman–Crippen LogP) is 0.815. The highest BCUT2D eigenvalue weighted by molar-refractivity contribution is 8.00. The monoisotopic (exact) mass is 217 g/mol. The van der Waals surface area contributed by atoms with Gasteiger partial charge in [-0.05, 0) is 6.42 Å². The molecule has 0 radical (unpaired) electrons. The molecular weight excluding hydrogens is 202 g/mol. The van der Waals surface area contributed by atoms with E-state index in [4.69, 9.17) is 5.11 Å². The lowest BCUT2D eigenvalue weighted by Gasteiger charge is -2.32. The van der Waals surface area contributed by atoms with E-state index in [9.17, 15) is 9.59 Å². The Morgan fingerprint density at radius 2 is 2.43 bits per heavy atom. The number of rotatable bonds is 4. The van der Waals surface area contributed by atoms with Crippen LogP contribution in [0.4, 0.5) is 0 Å². The molecule has 1 heterocycles. The molecule has 0 aliphatic carbocycles. The molecule has 0 aromatic rings. The van der Waals surface area contributed by atoms with E-state index in [-0.39, 0.29) is 5.91 Å². The Kier molecular flexibility index (Phi) is 4.25. The third-order valence-electron chi connectivity index (χ3n) is 2.24. The van der Waals surface area contributed by atoms with Crippen molar-refractivity contribution in [3.05, 3.63) is 0 Å². The molecule has 1 aliphatic heterocycles. The molecule has 1 saturated heterocycles. The Balaban J connectivity index is 2.61. The van der Waals surface area contributed by atoms with Gasteiger partial charge in [-0.3, -0.25) is 4.79 Å². The van der Waals surface area contributed by atoms with Crippen LogP contribution in [-0.2, 0) is 9.59 Å². The van der Waals surface area contributed by atoms with Gasteiger partial charge in [0, 0.05) is 12.3 Å². The molecule has 1 aliphatic rings. The summed E-state index contributed by atoms with van der Waals surface area (Å²) in [5.74, 6) is 0.0157. The van der Waals surface area contributed by atoms with Crippen molar-refractivity contribution in [3.8, 4) is 0 Å². The third-order valence-corrected chi connectivity index (χ3v) is 3.24. The van der Waals surface area contributed by atoms with Gasteiger partial charge in [0.05, 0.1) is 5.75 Å².